The predicted molar refractivity (Wildman–Crippen MR) is 120 cm³/mol. The number of benzene rings is 2. The van der Waals surface area contributed by atoms with Crippen LogP contribution < -0.4 is 15.0 Å². The second-order valence-corrected chi connectivity index (χ2v) is 8.14. The third-order valence-electron chi connectivity index (χ3n) is 6.05. The molecule has 5 rings (SSSR count). The molecular weight excluding hydrogens is 425 g/mol. The zero-order chi connectivity index (χ0) is 23.1. The summed E-state index contributed by atoms with van der Waals surface area (Å²) < 4.78 is 25.1. The van der Waals surface area contributed by atoms with Gasteiger partial charge >= 0.3 is 12.0 Å². The number of esters is 1. The van der Waals surface area contributed by atoms with Crippen LogP contribution in [0.2, 0.25) is 0 Å². The number of pyridine rings is 1. The molecule has 1 unspecified atom stereocenters. The van der Waals surface area contributed by atoms with E-state index in [1.807, 2.05) is 19.1 Å². The van der Waals surface area contributed by atoms with Gasteiger partial charge in [-0.1, -0.05) is 12.1 Å². The molecule has 1 N–H and O–H groups in total. The maximum atomic E-state index is 14.2. The monoisotopic (exact) mass is 447 g/mol. The lowest BCUT2D eigenvalue weighted by atomic mass is 9.97. The number of ether oxygens (including phenoxy) is 2. The highest BCUT2D eigenvalue weighted by atomic mass is 19.1. The molecule has 33 heavy (non-hydrogen) atoms. The lowest BCUT2D eigenvalue weighted by molar-refractivity contribution is 0.0600. The van der Waals surface area contributed by atoms with Crippen molar-refractivity contribution in [1.82, 2.24) is 4.98 Å². The Morgan fingerprint density at radius 3 is 2.88 bits per heavy atom. The average molecular weight is 447 g/mol. The molecule has 0 radical (unpaired) electrons. The minimum atomic E-state index is -0.484. The lowest BCUT2D eigenvalue weighted by Crippen LogP contribution is -2.39. The largest absolute Gasteiger partial charge is 0.484 e. The maximum Gasteiger partial charge on any atom is 0.337 e. The first kappa shape index (κ1) is 20.9. The van der Waals surface area contributed by atoms with Crippen LogP contribution >= 0.6 is 0 Å². The summed E-state index contributed by atoms with van der Waals surface area (Å²) in [6.45, 7) is 2.28. The number of nitrogens with zero attached hydrogens (tertiary/aromatic N) is 2. The second kappa shape index (κ2) is 8.20. The van der Waals surface area contributed by atoms with Crippen LogP contribution in [0.5, 0.6) is 5.75 Å². The van der Waals surface area contributed by atoms with Crippen molar-refractivity contribution < 1.29 is 23.5 Å². The number of anilines is 2. The summed E-state index contributed by atoms with van der Waals surface area (Å²) in [7, 11) is 1.32. The summed E-state index contributed by atoms with van der Waals surface area (Å²) in [4.78, 5) is 30.6. The third kappa shape index (κ3) is 3.77. The van der Waals surface area contributed by atoms with Gasteiger partial charge in [0.2, 0.25) is 0 Å². The van der Waals surface area contributed by atoms with Crippen LogP contribution in [0, 0.1) is 12.7 Å². The Hall–Kier alpha value is -3.94. The van der Waals surface area contributed by atoms with Crippen LogP contribution in [-0.4, -0.2) is 24.1 Å². The minimum absolute atomic E-state index is 0.288. The van der Waals surface area contributed by atoms with Gasteiger partial charge in [0.25, 0.3) is 0 Å². The van der Waals surface area contributed by atoms with E-state index in [1.54, 1.807) is 35.4 Å². The molecule has 0 aliphatic carbocycles. The molecule has 0 spiro atoms. The number of halogens is 1. The molecule has 2 aliphatic heterocycles. The summed E-state index contributed by atoms with van der Waals surface area (Å²) in [5, 5.41) is 2.86. The highest BCUT2D eigenvalue weighted by Crippen LogP contribution is 2.40. The SMILES string of the molecule is COC(=O)c1ccc2c(c1)NC(=O)N(c1cc3c(cc1C)CCC(c1ncccc1F)O3)C2. The quantitative estimate of drug-likeness (QED) is 0.576. The molecule has 1 atom stereocenters. The number of fused-ring (bicyclic) bond motifs is 2. The van der Waals surface area contributed by atoms with Crippen molar-refractivity contribution in [3.63, 3.8) is 0 Å². The van der Waals surface area contributed by atoms with E-state index in [0.717, 1.165) is 23.1 Å². The zero-order valence-electron chi connectivity index (χ0n) is 18.2. The van der Waals surface area contributed by atoms with Crippen LogP contribution in [0.3, 0.4) is 0 Å². The molecular formula is C25H22FN3O4. The van der Waals surface area contributed by atoms with Gasteiger partial charge in [-0.05, 0) is 60.7 Å². The first-order chi connectivity index (χ1) is 15.9. The van der Waals surface area contributed by atoms with Crippen molar-refractivity contribution in [3.8, 4) is 5.75 Å². The zero-order valence-corrected chi connectivity index (χ0v) is 18.2. The number of carbonyl (C=O) groups is 2. The summed E-state index contributed by atoms with van der Waals surface area (Å²) in [6, 6.07) is 11.6. The van der Waals surface area contributed by atoms with Crippen molar-refractivity contribution in [2.75, 3.05) is 17.3 Å². The third-order valence-corrected chi connectivity index (χ3v) is 6.05. The topological polar surface area (TPSA) is 80.8 Å². The minimum Gasteiger partial charge on any atom is -0.484 e. The van der Waals surface area contributed by atoms with Gasteiger partial charge in [-0.25, -0.2) is 14.0 Å². The van der Waals surface area contributed by atoms with E-state index < -0.39 is 17.9 Å². The second-order valence-electron chi connectivity index (χ2n) is 8.14. The van der Waals surface area contributed by atoms with E-state index >= 15 is 0 Å². The lowest BCUT2D eigenvalue weighted by Gasteiger charge is -2.33. The number of carbonyl (C=O) groups excluding carboxylic acids is 2. The Bertz CT molecular complexity index is 1280. The maximum absolute atomic E-state index is 14.2. The number of methoxy groups -OCH3 is 1. The van der Waals surface area contributed by atoms with E-state index in [9.17, 15) is 14.0 Å². The standard InChI is InChI=1S/C25H22FN3O4/c1-14-10-15-7-8-21(23-18(26)4-3-9-27-23)33-22(15)12-20(14)29-13-17-6-5-16(24(30)32-2)11-19(17)28-25(29)31/h3-6,9-12,21H,7-8,13H2,1-2H3,(H,28,31). The number of nitrogens with one attached hydrogen (secondary N) is 1. The Morgan fingerprint density at radius 1 is 1.24 bits per heavy atom. The van der Waals surface area contributed by atoms with E-state index in [1.165, 1.54) is 13.2 Å². The number of amides is 2. The molecule has 0 fully saturated rings. The molecule has 3 aromatic rings. The van der Waals surface area contributed by atoms with Crippen molar-refractivity contribution in [2.45, 2.75) is 32.4 Å². The Labute approximate surface area is 190 Å². The molecule has 168 valence electrons. The van der Waals surface area contributed by atoms with Crippen LogP contribution in [0.4, 0.5) is 20.6 Å². The van der Waals surface area contributed by atoms with E-state index in [-0.39, 0.29) is 11.7 Å². The van der Waals surface area contributed by atoms with Crippen molar-refractivity contribution >= 4 is 23.4 Å². The highest BCUT2D eigenvalue weighted by Gasteiger charge is 2.30. The van der Waals surface area contributed by atoms with Gasteiger partial charge in [-0.15, -0.1) is 0 Å². The normalized spacial score (nSPS) is 16.9. The number of hydrogen-bond acceptors (Lipinski definition) is 5. The molecule has 0 bridgehead atoms. The van der Waals surface area contributed by atoms with Crippen LogP contribution in [-0.2, 0) is 17.7 Å². The number of hydrogen-bond donors (Lipinski definition) is 1. The smallest absolute Gasteiger partial charge is 0.337 e. The molecule has 2 aliphatic rings. The van der Waals surface area contributed by atoms with Gasteiger partial charge in [-0.2, -0.15) is 0 Å². The molecule has 3 heterocycles. The van der Waals surface area contributed by atoms with Crippen molar-refractivity contribution in [3.05, 3.63) is 82.4 Å². The van der Waals surface area contributed by atoms with Gasteiger partial charge in [0.05, 0.1) is 24.9 Å². The average Bonchev–Trinajstić information content (AvgIpc) is 2.82. The van der Waals surface area contributed by atoms with E-state index in [2.05, 4.69) is 10.3 Å². The summed E-state index contributed by atoms with van der Waals surface area (Å²) in [6.07, 6.45) is 2.42. The molecule has 7 nitrogen and oxygen atoms in total. The van der Waals surface area contributed by atoms with Gasteiger partial charge in [0, 0.05) is 18.0 Å². The fourth-order valence-electron chi connectivity index (χ4n) is 4.35. The Balaban J connectivity index is 1.45. The molecule has 1 aromatic heterocycles. The molecule has 2 amide bonds. The molecule has 0 saturated heterocycles. The highest BCUT2D eigenvalue weighted by molar-refractivity contribution is 6.05. The number of rotatable bonds is 3. The Morgan fingerprint density at radius 2 is 2.09 bits per heavy atom. The first-order valence-corrected chi connectivity index (χ1v) is 10.6. The van der Waals surface area contributed by atoms with Crippen LogP contribution in [0.1, 0.15) is 45.3 Å². The van der Waals surface area contributed by atoms with Crippen molar-refractivity contribution in [2.24, 2.45) is 0 Å². The van der Waals surface area contributed by atoms with Gasteiger partial charge in [-0.3, -0.25) is 9.88 Å². The van der Waals surface area contributed by atoms with Gasteiger partial charge < -0.3 is 14.8 Å². The molecule has 8 heteroatoms. The predicted octanol–water partition coefficient (Wildman–Crippen LogP) is 4.93. The van der Waals surface area contributed by atoms with Gasteiger partial charge in [0.15, 0.2) is 0 Å². The summed E-state index contributed by atoms with van der Waals surface area (Å²) in [5.74, 6) is -0.232. The number of aryl methyl sites for hydroxylation is 2. The molecule has 2 aromatic carbocycles. The summed E-state index contributed by atoms with van der Waals surface area (Å²) >= 11 is 0. The van der Waals surface area contributed by atoms with E-state index in [4.69, 9.17) is 9.47 Å². The fourth-order valence-corrected chi connectivity index (χ4v) is 4.35. The summed E-state index contributed by atoms with van der Waals surface area (Å²) in [5.41, 5.74) is 4.77. The fraction of sp³-hybridized carbons (Fsp3) is 0.240. The molecule has 0 saturated carbocycles. The van der Waals surface area contributed by atoms with E-state index in [0.29, 0.717) is 35.7 Å². The van der Waals surface area contributed by atoms with Crippen LogP contribution in [0.15, 0.2) is 48.7 Å². The van der Waals surface area contributed by atoms with Crippen molar-refractivity contribution in [1.29, 1.82) is 0 Å². The number of urea groups is 1. The van der Waals surface area contributed by atoms with Crippen LogP contribution in [0.25, 0.3) is 0 Å². The first-order valence-electron chi connectivity index (χ1n) is 10.6. The van der Waals surface area contributed by atoms with Gasteiger partial charge in [0.1, 0.15) is 23.4 Å². The Kier molecular flexibility index (Phi) is 5.20. The number of aromatic nitrogens is 1.